The Hall–Kier alpha value is -2.78. The van der Waals surface area contributed by atoms with Gasteiger partial charge in [-0.05, 0) is 56.7 Å². The van der Waals surface area contributed by atoms with Gasteiger partial charge in [0.1, 0.15) is 5.75 Å². The fourth-order valence-electron chi connectivity index (χ4n) is 2.72. The van der Waals surface area contributed by atoms with Gasteiger partial charge in [-0.15, -0.1) is 0 Å². The van der Waals surface area contributed by atoms with Crippen molar-refractivity contribution in [1.82, 2.24) is 10.0 Å². The lowest BCUT2D eigenvalue weighted by Crippen LogP contribution is -2.26. The molecule has 0 saturated carbocycles. The minimum absolute atomic E-state index is 0.0163. The molecule has 0 aromatic heterocycles. The van der Waals surface area contributed by atoms with Crippen LogP contribution in [-0.2, 0) is 16.6 Å². The summed E-state index contributed by atoms with van der Waals surface area (Å²) < 4.78 is 44.2. The summed E-state index contributed by atoms with van der Waals surface area (Å²) in [5, 5.41) is 2.64. The molecule has 2 rings (SSSR count). The van der Waals surface area contributed by atoms with E-state index in [4.69, 9.17) is 14.2 Å². The van der Waals surface area contributed by atoms with Gasteiger partial charge in [0.25, 0.3) is 5.91 Å². The van der Waals surface area contributed by atoms with Crippen molar-refractivity contribution < 1.29 is 27.4 Å². The van der Waals surface area contributed by atoms with E-state index in [1.54, 1.807) is 25.1 Å². The molecule has 164 valence electrons. The van der Waals surface area contributed by atoms with Crippen LogP contribution < -0.4 is 24.2 Å². The van der Waals surface area contributed by atoms with Gasteiger partial charge in [0.2, 0.25) is 10.0 Å². The molecule has 2 aromatic rings. The minimum Gasteiger partial charge on any atom is -0.496 e. The average molecular weight is 437 g/mol. The van der Waals surface area contributed by atoms with Gasteiger partial charge in [-0.25, -0.2) is 13.1 Å². The maximum atomic E-state index is 12.8. The van der Waals surface area contributed by atoms with E-state index in [-0.39, 0.29) is 23.1 Å². The number of ether oxygens (including phenoxy) is 3. The Kier molecular flexibility index (Phi) is 8.08. The summed E-state index contributed by atoms with van der Waals surface area (Å²) in [6.45, 7) is 6.05. The second-order valence-electron chi connectivity index (χ2n) is 6.70. The van der Waals surface area contributed by atoms with Crippen molar-refractivity contribution in [3.8, 4) is 17.2 Å². The number of amides is 1. The highest BCUT2D eigenvalue weighted by Gasteiger charge is 2.20. The first-order chi connectivity index (χ1) is 14.2. The second kappa shape index (κ2) is 10.3. The van der Waals surface area contributed by atoms with Gasteiger partial charge in [0.05, 0.1) is 30.8 Å². The zero-order valence-electron chi connectivity index (χ0n) is 17.8. The standard InChI is InChI=1S/C21H28N2O6S/c1-6-22-21(24)17-12-16(8-10-18(17)27-4)30(25,26)23-13-15-7-9-19(29-14(2)3)20(11-15)28-5/h7-12,14,23H,6,13H2,1-5H3,(H,22,24). The highest BCUT2D eigenvalue weighted by Crippen LogP contribution is 2.29. The van der Waals surface area contributed by atoms with E-state index < -0.39 is 15.9 Å². The molecule has 0 atom stereocenters. The molecule has 0 heterocycles. The fraction of sp³-hybridized carbons (Fsp3) is 0.381. The van der Waals surface area contributed by atoms with Crippen molar-refractivity contribution in [2.75, 3.05) is 20.8 Å². The first-order valence-corrected chi connectivity index (χ1v) is 11.0. The van der Waals surface area contributed by atoms with Gasteiger partial charge >= 0.3 is 0 Å². The van der Waals surface area contributed by atoms with Crippen LogP contribution in [0.25, 0.3) is 0 Å². The molecule has 30 heavy (non-hydrogen) atoms. The number of carbonyl (C=O) groups is 1. The van der Waals surface area contributed by atoms with Crippen molar-refractivity contribution in [3.63, 3.8) is 0 Å². The van der Waals surface area contributed by atoms with Crippen LogP contribution in [0.1, 0.15) is 36.7 Å². The van der Waals surface area contributed by atoms with Gasteiger partial charge in [-0.2, -0.15) is 0 Å². The summed E-state index contributed by atoms with van der Waals surface area (Å²) in [5.74, 6) is 0.992. The molecular weight excluding hydrogens is 408 g/mol. The third-order valence-electron chi connectivity index (χ3n) is 4.12. The number of carbonyl (C=O) groups excluding carboxylic acids is 1. The zero-order chi connectivity index (χ0) is 22.3. The van der Waals surface area contributed by atoms with Crippen molar-refractivity contribution >= 4 is 15.9 Å². The second-order valence-corrected chi connectivity index (χ2v) is 8.46. The van der Waals surface area contributed by atoms with Crippen molar-refractivity contribution in [2.24, 2.45) is 0 Å². The van der Waals surface area contributed by atoms with Crippen LogP contribution >= 0.6 is 0 Å². The molecule has 0 aliphatic heterocycles. The molecule has 0 fully saturated rings. The summed E-state index contributed by atoms with van der Waals surface area (Å²) in [5.41, 5.74) is 0.850. The molecule has 9 heteroatoms. The molecule has 0 radical (unpaired) electrons. The first kappa shape index (κ1) is 23.5. The number of hydrogen-bond acceptors (Lipinski definition) is 6. The fourth-order valence-corrected chi connectivity index (χ4v) is 3.77. The molecule has 1 amide bonds. The number of nitrogens with one attached hydrogen (secondary N) is 2. The largest absolute Gasteiger partial charge is 0.496 e. The SMILES string of the molecule is CCNC(=O)c1cc(S(=O)(=O)NCc2ccc(OC(C)C)c(OC)c2)ccc1OC. The Labute approximate surface area is 177 Å². The average Bonchev–Trinajstić information content (AvgIpc) is 2.72. The van der Waals surface area contributed by atoms with Crippen LogP contribution in [-0.4, -0.2) is 41.2 Å². The summed E-state index contributed by atoms with van der Waals surface area (Å²) >= 11 is 0. The van der Waals surface area contributed by atoms with Crippen LogP contribution in [0.15, 0.2) is 41.3 Å². The Morgan fingerprint density at radius 3 is 2.27 bits per heavy atom. The number of hydrogen-bond donors (Lipinski definition) is 2. The monoisotopic (exact) mass is 436 g/mol. The van der Waals surface area contributed by atoms with Gasteiger partial charge in [-0.3, -0.25) is 4.79 Å². The van der Waals surface area contributed by atoms with Gasteiger partial charge in [0.15, 0.2) is 11.5 Å². The molecule has 0 aliphatic rings. The minimum atomic E-state index is -3.86. The molecule has 2 aromatic carbocycles. The smallest absolute Gasteiger partial charge is 0.255 e. The number of sulfonamides is 1. The van der Waals surface area contributed by atoms with Crippen LogP contribution in [0.5, 0.6) is 17.2 Å². The zero-order valence-corrected chi connectivity index (χ0v) is 18.6. The van der Waals surface area contributed by atoms with Crippen LogP contribution in [0.2, 0.25) is 0 Å². The highest BCUT2D eigenvalue weighted by molar-refractivity contribution is 7.89. The Morgan fingerprint density at radius 2 is 1.67 bits per heavy atom. The molecule has 0 unspecified atom stereocenters. The normalized spacial score (nSPS) is 11.3. The van der Waals surface area contributed by atoms with E-state index in [9.17, 15) is 13.2 Å². The summed E-state index contributed by atoms with van der Waals surface area (Å²) in [6.07, 6.45) is -0.0163. The summed E-state index contributed by atoms with van der Waals surface area (Å²) in [6, 6.07) is 9.37. The molecular formula is C21H28N2O6S. The molecule has 0 bridgehead atoms. The predicted molar refractivity (Wildman–Crippen MR) is 114 cm³/mol. The number of benzene rings is 2. The lowest BCUT2D eigenvalue weighted by molar-refractivity contribution is 0.0952. The lowest BCUT2D eigenvalue weighted by atomic mass is 10.2. The Bertz CT molecular complexity index is 989. The van der Waals surface area contributed by atoms with E-state index in [2.05, 4.69) is 10.0 Å². The maximum Gasteiger partial charge on any atom is 0.255 e. The van der Waals surface area contributed by atoms with Crippen LogP contribution in [0, 0.1) is 0 Å². The van der Waals surface area contributed by atoms with E-state index in [1.165, 1.54) is 32.4 Å². The molecule has 8 nitrogen and oxygen atoms in total. The number of methoxy groups -OCH3 is 2. The quantitative estimate of drug-likeness (QED) is 0.594. The third kappa shape index (κ3) is 5.87. The first-order valence-electron chi connectivity index (χ1n) is 9.51. The van der Waals surface area contributed by atoms with Crippen molar-refractivity contribution in [2.45, 2.75) is 38.3 Å². The van der Waals surface area contributed by atoms with Crippen molar-refractivity contribution in [1.29, 1.82) is 0 Å². The van der Waals surface area contributed by atoms with Gasteiger partial charge < -0.3 is 19.5 Å². The predicted octanol–water partition coefficient (Wildman–Crippen LogP) is 2.72. The third-order valence-corrected chi connectivity index (χ3v) is 5.52. The number of rotatable bonds is 10. The molecule has 2 N–H and O–H groups in total. The summed E-state index contributed by atoms with van der Waals surface area (Å²) in [4.78, 5) is 12.2. The molecule has 0 saturated heterocycles. The topological polar surface area (TPSA) is 103 Å². The van der Waals surface area contributed by atoms with E-state index in [1.807, 2.05) is 13.8 Å². The van der Waals surface area contributed by atoms with E-state index >= 15 is 0 Å². The van der Waals surface area contributed by atoms with Gasteiger partial charge in [0, 0.05) is 13.1 Å². The maximum absolute atomic E-state index is 12.8. The lowest BCUT2D eigenvalue weighted by Gasteiger charge is -2.15. The Morgan fingerprint density at radius 1 is 1.00 bits per heavy atom. The molecule has 0 spiro atoms. The van der Waals surface area contributed by atoms with Crippen LogP contribution in [0.3, 0.4) is 0 Å². The van der Waals surface area contributed by atoms with Crippen LogP contribution in [0.4, 0.5) is 0 Å². The van der Waals surface area contributed by atoms with Gasteiger partial charge in [-0.1, -0.05) is 6.07 Å². The Balaban J connectivity index is 2.23. The van der Waals surface area contributed by atoms with E-state index in [0.29, 0.717) is 29.4 Å². The van der Waals surface area contributed by atoms with Crippen molar-refractivity contribution in [3.05, 3.63) is 47.5 Å². The highest BCUT2D eigenvalue weighted by atomic mass is 32.2. The van der Waals surface area contributed by atoms with E-state index in [0.717, 1.165) is 0 Å². The summed E-state index contributed by atoms with van der Waals surface area (Å²) in [7, 11) is -0.915. The molecule has 0 aliphatic carbocycles.